The van der Waals surface area contributed by atoms with Crippen LogP contribution in [0.3, 0.4) is 0 Å². The molecular weight excluding hydrogens is 225 g/mol. The third kappa shape index (κ3) is 2.30. The fourth-order valence-corrected chi connectivity index (χ4v) is 1.64. The van der Waals surface area contributed by atoms with Crippen molar-refractivity contribution < 1.29 is 22.7 Å². The van der Waals surface area contributed by atoms with Crippen molar-refractivity contribution in [3.05, 3.63) is 0 Å². The molecule has 0 aromatic rings. The van der Waals surface area contributed by atoms with E-state index in [1.165, 1.54) is 6.92 Å². The summed E-state index contributed by atoms with van der Waals surface area (Å²) in [6, 6.07) is 0. The Morgan fingerprint density at radius 1 is 1.50 bits per heavy atom. The largest absolute Gasteiger partial charge is 0.420 e. The van der Waals surface area contributed by atoms with Gasteiger partial charge in [0.2, 0.25) is 5.91 Å². The summed E-state index contributed by atoms with van der Waals surface area (Å²) in [5.74, 6) is -0.345. The summed E-state index contributed by atoms with van der Waals surface area (Å²) >= 11 is 0. The van der Waals surface area contributed by atoms with Crippen molar-refractivity contribution in [3.63, 3.8) is 0 Å². The minimum absolute atomic E-state index is 0.0203. The molecule has 1 rings (SSSR count). The average Bonchev–Trinajstić information content (AvgIpc) is 2.08. The molecule has 1 heterocycles. The highest BCUT2D eigenvalue weighted by molar-refractivity contribution is 5.79. The zero-order valence-corrected chi connectivity index (χ0v) is 9.23. The molecule has 1 aliphatic heterocycles. The first-order valence-electron chi connectivity index (χ1n) is 4.99. The third-order valence-corrected chi connectivity index (χ3v) is 2.51. The molecular formula is C9H15F3N2O2. The number of amides is 1. The number of halogens is 3. The molecule has 16 heavy (non-hydrogen) atoms. The average molecular weight is 240 g/mol. The Balaban J connectivity index is 2.59. The van der Waals surface area contributed by atoms with Gasteiger partial charge in [0.05, 0.1) is 19.6 Å². The van der Waals surface area contributed by atoms with Crippen molar-refractivity contribution in [2.24, 2.45) is 0 Å². The molecule has 0 saturated carbocycles. The van der Waals surface area contributed by atoms with Gasteiger partial charge < -0.3 is 15.0 Å². The van der Waals surface area contributed by atoms with Gasteiger partial charge >= 0.3 is 6.18 Å². The topological polar surface area (TPSA) is 41.6 Å². The van der Waals surface area contributed by atoms with Crippen LogP contribution in [0.1, 0.15) is 6.92 Å². The normalized spacial score (nSPS) is 19.4. The predicted molar refractivity (Wildman–Crippen MR) is 50.9 cm³/mol. The molecule has 0 aromatic carbocycles. The Bertz CT molecular complexity index is 262. The molecule has 0 spiro atoms. The third-order valence-electron chi connectivity index (χ3n) is 2.51. The number of ether oxygens (including phenoxy) is 1. The Kier molecular flexibility index (Phi) is 3.80. The summed E-state index contributed by atoms with van der Waals surface area (Å²) in [6.07, 6.45) is -4.43. The van der Waals surface area contributed by atoms with Crippen molar-refractivity contribution in [1.82, 2.24) is 10.2 Å². The lowest BCUT2D eigenvalue weighted by molar-refractivity contribution is -0.313. The Hall–Kier alpha value is -0.820. The summed E-state index contributed by atoms with van der Waals surface area (Å²) in [5, 5.41) is 2.60. The van der Waals surface area contributed by atoms with Gasteiger partial charge in [-0.15, -0.1) is 0 Å². The van der Waals surface area contributed by atoms with Gasteiger partial charge in [-0.25, -0.2) is 0 Å². The summed E-state index contributed by atoms with van der Waals surface area (Å²) in [5.41, 5.74) is -2.16. The quantitative estimate of drug-likeness (QED) is 0.772. The number of likely N-dealkylation sites (tertiary alicyclic amines) is 1. The van der Waals surface area contributed by atoms with Gasteiger partial charge in [0, 0.05) is 6.61 Å². The highest BCUT2D eigenvalue weighted by atomic mass is 19.4. The van der Waals surface area contributed by atoms with Crippen molar-refractivity contribution in [1.29, 1.82) is 0 Å². The van der Waals surface area contributed by atoms with E-state index in [9.17, 15) is 18.0 Å². The fraction of sp³-hybridized carbons (Fsp3) is 0.889. The number of likely N-dealkylation sites (N-methyl/N-ethyl adjacent to an activating group) is 1. The molecule has 1 aliphatic rings. The first-order chi connectivity index (χ1) is 7.36. The monoisotopic (exact) mass is 240 g/mol. The molecule has 0 atom stereocenters. The Morgan fingerprint density at radius 3 is 2.44 bits per heavy atom. The smallest absolute Gasteiger partial charge is 0.362 e. The van der Waals surface area contributed by atoms with Crippen LogP contribution < -0.4 is 5.32 Å². The lowest BCUT2D eigenvalue weighted by atomic mass is 9.93. The van der Waals surface area contributed by atoms with E-state index in [-0.39, 0.29) is 19.1 Å². The minimum atomic E-state index is -4.43. The second-order valence-electron chi connectivity index (χ2n) is 3.71. The summed E-state index contributed by atoms with van der Waals surface area (Å²) in [7, 11) is 1.57. The Labute approximate surface area is 91.7 Å². The van der Waals surface area contributed by atoms with Gasteiger partial charge in [0.15, 0.2) is 5.60 Å². The molecule has 4 nitrogen and oxygen atoms in total. The van der Waals surface area contributed by atoms with Crippen molar-refractivity contribution in [2.45, 2.75) is 18.7 Å². The molecule has 1 fully saturated rings. The van der Waals surface area contributed by atoms with E-state index in [2.05, 4.69) is 5.32 Å². The molecule has 0 aromatic heterocycles. The number of hydrogen-bond donors (Lipinski definition) is 1. The van der Waals surface area contributed by atoms with Crippen LogP contribution in [0.25, 0.3) is 0 Å². The zero-order valence-electron chi connectivity index (χ0n) is 9.23. The zero-order chi connectivity index (χ0) is 12.4. The van der Waals surface area contributed by atoms with Crippen LogP contribution in [0.15, 0.2) is 0 Å². The number of rotatable bonds is 4. The number of carbonyl (C=O) groups is 1. The fourth-order valence-electron chi connectivity index (χ4n) is 1.64. The standard InChI is InChI=1S/C9H15F3N2O2/c1-3-16-8(9(10,11)12)5-14(6-8)7(15)4-13-2/h13H,3-6H2,1-2H3. The van der Waals surface area contributed by atoms with E-state index >= 15 is 0 Å². The lowest BCUT2D eigenvalue weighted by Gasteiger charge is -2.49. The molecule has 1 saturated heterocycles. The lowest BCUT2D eigenvalue weighted by Crippen LogP contribution is -2.72. The van der Waals surface area contributed by atoms with Gasteiger partial charge in [-0.1, -0.05) is 0 Å². The van der Waals surface area contributed by atoms with Crippen LogP contribution in [-0.4, -0.2) is 55.9 Å². The van der Waals surface area contributed by atoms with Crippen molar-refractivity contribution >= 4 is 5.91 Å². The maximum atomic E-state index is 12.7. The molecule has 0 aliphatic carbocycles. The minimum Gasteiger partial charge on any atom is -0.362 e. The number of nitrogens with zero attached hydrogens (tertiary/aromatic N) is 1. The van der Waals surface area contributed by atoms with Gasteiger partial charge in [-0.05, 0) is 14.0 Å². The predicted octanol–water partition coefficient (Wildman–Crippen LogP) is 0.386. The number of alkyl halides is 3. The van der Waals surface area contributed by atoms with E-state index in [4.69, 9.17) is 4.74 Å². The van der Waals surface area contributed by atoms with Gasteiger partial charge in [0.25, 0.3) is 0 Å². The maximum Gasteiger partial charge on any atom is 0.420 e. The number of nitrogens with one attached hydrogen (secondary N) is 1. The molecule has 1 amide bonds. The van der Waals surface area contributed by atoms with E-state index in [1.54, 1.807) is 7.05 Å². The molecule has 7 heteroatoms. The van der Waals surface area contributed by atoms with E-state index < -0.39 is 24.9 Å². The van der Waals surface area contributed by atoms with E-state index in [0.717, 1.165) is 4.90 Å². The van der Waals surface area contributed by atoms with E-state index in [0.29, 0.717) is 0 Å². The van der Waals surface area contributed by atoms with Crippen LogP contribution in [-0.2, 0) is 9.53 Å². The summed E-state index contributed by atoms with van der Waals surface area (Å²) in [6.45, 7) is 0.703. The van der Waals surface area contributed by atoms with Crippen molar-refractivity contribution in [2.75, 3.05) is 33.3 Å². The number of carbonyl (C=O) groups excluding carboxylic acids is 1. The first-order valence-corrected chi connectivity index (χ1v) is 4.99. The molecule has 1 N–H and O–H groups in total. The number of hydrogen-bond acceptors (Lipinski definition) is 3. The first kappa shape index (κ1) is 13.2. The highest BCUT2D eigenvalue weighted by Crippen LogP contribution is 2.40. The van der Waals surface area contributed by atoms with Gasteiger partial charge in [0.1, 0.15) is 0 Å². The summed E-state index contributed by atoms with van der Waals surface area (Å²) < 4.78 is 42.8. The summed E-state index contributed by atoms with van der Waals surface area (Å²) in [4.78, 5) is 12.4. The highest BCUT2D eigenvalue weighted by Gasteiger charge is 2.63. The van der Waals surface area contributed by atoms with Crippen LogP contribution in [0, 0.1) is 0 Å². The van der Waals surface area contributed by atoms with Crippen LogP contribution in [0.4, 0.5) is 13.2 Å². The van der Waals surface area contributed by atoms with Crippen molar-refractivity contribution in [3.8, 4) is 0 Å². The van der Waals surface area contributed by atoms with Crippen LogP contribution in [0.5, 0.6) is 0 Å². The second-order valence-corrected chi connectivity index (χ2v) is 3.71. The maximum absolute atomic E-state index is 12.7. The molecule has 0 bridgehead atoms. The molecule has 0 unspecified atom stereocenters. The van der Waals surface area contributed by atoms with Crippen LogP contribution in [0.2, 0.25) is 0 Å². The van der Waals surface area contributed by atoms with E-state index in [1.807, 2.05) is 0 Å². The molecule has 0 radical (unpaired) electrons. The molecule has 94 valence electrons. The van der Waals surface area contributed by atoms with Gasteiger partial charge in [-0.2, -0.15) is 13.2 Å². The second kappa shape index (κ2) is 4.58. The SMILES string of the molecule is CCOC1(C(F)(F)F)CN(C(=O)CNC)C1. The van der Waals surface area contributed by atoms with Gasteiger partial charge in [-0.3, -0.25) is 4.79 Å². The Morgan fingerprint density at radius 2 is 2.06 bits per heavy atom. The van der Waals surface area contributed by atoms with Crippen LogP contribution >= 0.6 is 0 Å².